The summed E-state index contributed by atoms with van der Waals surface area (Å²) in [6.07, 6.45) is 2.27. The summed E-state index contributed by atoms with van der Waals surface area (Å²) < 4.78 is 5.04. The van der Waals surface area contributed by atoms with Crippen molar-refractivity contribution < 1.29 is 14.0 Å². The van der Waals surface area contributed by atoms with Crippen molar-refractivity contribution in [3.8, 4) is 0 Å². The minimum atomic E-state index is -0.385. The number of carbonyl (C=O) groups is 2. The predicted molar refractivity (Wildman–Crippen MR) is 80.3 cm³/mol. The van der Waals surface area contributed by atoms with E-state index >= 15 is 0 Å². The third kappa shape index (κ3) is 3.72. The smallest absolute Gasteiger partial charge is 0.291 e. The molecule has 0 aliphatic rings. The molecule has 0 radical (unpaired) electrons. The van der Waals surface area contributed by atoms with Crippen LogP contribution in [0.2, 0.25) is 0 Å². The van der Waals surface area contributed by atoms with Gasteiger partial charge in [0.2, 0.25) is 0 Å². The molecule has 5 heteroatoms. The lowest BCUT2D eigenvalue weighted by molar-refractivity contribution is 0.0940. The van der Waals surface area contributed by atoms with E-state index in [1.807, 2.05) is 13.8 Å². The van der Waals surface area contributed by atoms with Gasteiger partial charge in [0.1, 0.15) is 0 Å². The van der Waals surface area contributed by atoms with Crippen molar-refractivity contribution in [3.05, 3.63) is 54.0 Å². The fraction of sp³-hybridized carbons (Fsp3) is 0.250. The molecule has 5 nitrogen and oxygen atoms in total. The zero-order chi connectivity index (χ0) is 15.2. The van der Waals surface area contributed by atoms with Gasteiger partial charge in [0.25, 0.3) is 11.8 Å². The number of rotatable bonds is 5. The largest absolute Gasteiger partial charge is 0.459 e. The highest BCUT2D eigenvalue weighted by atomic mass is 16.3. The number of para-hydroxylation sites is 1. The van der Waals surface area contributed by atoms with Crippen LogP contribution >= 0.6 is 0 Å². The van der Waals surface area contributed by atoms with E-state index < -0.39 is 0 Å². The summed E-state index contributed by atoms with van der Waals surface area (Å²) in [5, 5.41) is 5.57. The van der Waals surface area contributed by atoms with E-state index in [0.717, 1.165) is 6.42 Å². The Morgan fingerprint density at radius 2 is 1.90 bits per heavy atom. The Hall–Kier alpha value is -2.56. The quantitative estimate of drug-likeness (QED) is 0.887. The zero-order valence-corrected chi connectivity index (χ0v) is 12.1. The van der Waals surface area contributed by atoms with Crippen molar-refractivity contribution in [2.45, 2.75) is 26.3 Å². The summed E-state index contributed by atoms with van der Waals surface area (Å²) in [7, 11) is 0. The highest BCUT2D eigenvalue weighted by molar-refractivity contribution is 6.07. The van der Waals surface area contributed by atoms with Gasteiger partial charge in [-0.3, -0.25) is 9.59 Å². The standard InChI is InChI=1S/C16H18N2O3/c1-3-11(2)17-15(19)12-7-4-5-8-13(12)18-16(20)14-9-6-10-21-14/h4-11H,3H2,1-2H3,(H,17,19)(H,18,20)/t11-/m0/s1. The van der Waals surface area contributed by atoms with Crippen LogP contribution < -0.4 is 10.6 Å². The van der Waals surface area contributed by atoms with E-state index in [4.69, 9.17) is 4.42 Å². The number of benzene rings is 1. The first-order valence-corrected chi connectivity index (χ1v) is 6.86. The van der Waals surface area contributed by atoms with Gasteiger partial charge in [-0.25, -0.2) is 0 Å². The number of hydrogen-bond acceptors (Lipinski definition) is 3. The van der Waals surface area contributed by atoms with Crippen LogP contribution in [0.5, 0.6) is 0 Å². The first-order valence-electron chi connectivity index (χ1n) is 6.86. The molecular weight excluding hydrogens is 268 g/mol. The molecule has 1 aromatic heterocycles. The third-order valence-electron chi connectivity index (χ3n) is 3.15. The fourth-order valence-corrected chi connectivity index (χ4v) is 1.79. The van der Waals surface area contributed by atoms with E-state index in [-0.39, 0.29) is 23.6 Å². The summed E-state index contributed by atoms with van der Waals surface area (Å²) in [6.45, 7) is 3.93. The Morgan fingerprint density at radius 3 is 2.57 bits per heavy atom. The average Bonchev–Trinajstić information content (AvgIpc) is 3.01. The molecule has 0 aliphatic heterocycles. The van der Waals surface area contributed by atoms with Crippen LogP contribution in [0.3, 0.4) is 0 Å². The summed E-state index contributed by atoms with van der Waals surface area (Å²) >= 11 is 0. The van der Waals surface area contributed by atoms with Crippen LogP contribution in [0, 0.1) is 0 Å². The maximum absolute atomic E-state index is 12.2. The first-order chi connectivity index (χ1) is 10.1. The number of nitrogens with one attached hydrogen (secondary N) is 2. The highest BCUT2D eigenvalue weighted by Crippen LogP contribution is 2.16. The second-order valence-corrected chi connectivity index (χ2v) is 4.76. The Morgan fingerprint density at radius 1 is 1.14 bits per heavy atom. The first kappa shape index (κ1) is 14.8. The van der Waals surface area contributed by atoms with Gasteiger partial charge in [-0.15, -0.1) is 0 Å². The molecule has 1 heterocycles. The minimum Gasteiger partial charge on any atom is -0.459 e. The maximum Gasteiger partial charge on any atom is 0.291 e. The summed E-state index contributed by atoms with van der Waals surface area (Å²) in [5.74, 6) is -0.393. The third-order valence-corrected chi connectivity index (χ3v) is 3.15. The second-order valence-electron chi connectivity index (χ2n) is 4.76. The predicted octanol–water partition coefficient (Wildman–Crippen LogP) is 3.06. The second kappa shape index (κ2) is 6.74. The highest BCUT2D eigenvalue weighted by Gasteiger charge is 2.16. The molecule has 2 amide bonds. The molecule has 2 rings (SSSR count). The van der Waals surface area contributed by atoms with Crippen LogP contribution in [0.1, 0.15) is 41.2 Å². The molecule has 0 unspecified atom stereocenters. The minimum absolute atomic E-state index is 0.0753. The Labute approximate surface area is 123 Å². The van der Waals surface area contributed by atoms with Gasteiger partial charge < -0.3 is 15.1 Å². The van der Waals surface area contributed by atoms with Crippen molar-refractivity contribution in [2.75, 3.05) is 5.32 Å². The van der Waals surface area contributed by atoms with E-state index in [0.29, 0.717) is 11.3 Å². The average molecular weight is 286 g/mol. The topological polar surface area (TPSA) is 71.3 Å². The van der Waals surface area contributed by atoms with Crippen LogP contribution in [-0.4, -0.2) is 17.9 Å². The number of hydrogen-bond donors (Lipinski definition) is 2. The van der Waals surface area contributed by atoms with E-state index in [1.165, 1.54) is 6.26 Å². The van der Waals surface area contributed by atoms with E-state index in [2.05, 4.69) is 10.6 Å². The van der Waals surface area contributed by atoms with Crippen molar-refractivity contribution in [3.63, 3.8) is 0 Å². The summed E-state index contributed by atoms with van der Waals surface area (Å²) in [6, 6.07) is 10.2. The molecular formula is C16H18N2O3. The van der Waals surface area contributed by atoms with Crippen LogP contribution in [0.4, 0.5) is 5.69 Å². The van der Waals surface area contributed by atoms with Gasteiger partial charge in [0.15, 0.2) is 5.76 Å². The van der Waals surface area contributed by atoms with Gasteiger partial charge in [0.05, 0.1) is 17.5 Å². The molecule has 21 heavy (non-hydrogen) atoms. The van der Waals surface area contributed by atoms with Gasteiger partial charge >= 0.3 is 0 Å². The van der Waals surface area contributed by atoms with Crippen LogP contribution in [0.25, 0.3) is 0 Å². The van der Waals surface area contributed by atoms with Crippen LogP contribution in [0.15, 0.2) is 47.1 Å². The SMILES string of the molecule is CC[C@H](C)NC(=O)c1ccccc1NC(=O)c1ccco1. The van der Waals surface area contributed by atoms with Gasteiger partial charge in [0, 0.05) is 6.04 Å². The number of carbonyl (C=O) groups excluding carboxylic acids is 2. The molecule has 2 N–H and O–H groups in total. The zero-order valence-electron chi connectivity index (χ0n) is 12.1. The van der Waals surface area contributed by atoms with Crippen molar-refractivity contribution >= 4 is 17.5 Å². The van der Waals surface area contributed by atoms with E-state index in [9.17, 15) is 9.59 Å². The van der Waals surface area contributed by atoms with Gasteiger partial charge in [-0.1, -0.05) is 19.1 Å². The molecule has 0 saturated carbocycles. The van der Waals surface area contributed by atoms with Crippen LogP contribution in [-0.2, 0) is 0 Å². The Bertz CT molecular complexity index is 620. The Balaban J connectivity index is 2.17. The molecule has 1 atom stereocenters. The van der Waals surface area contributed by atoms with Gasteiger partial charge in [-0.05, 0) is 37.6 Å². The normalized spacial score (nSPS) is 11.7. The Kier molecular flexibility index (Phi) is 4.77. The van der Waals surface area contributed by atoms with E-state index in [1.54, 1.807) is 36.4 Å². The lowest BCUT2D eigenvalue weighted by Gasteiger charge is -2.14. The lowest BCUT2D eigenvalue weighted by atomic mass is 10.1. The molecule has 110 valence electrons. The number of furan rings is 1. The molecule has 0 spiro atoms. The van der Waals surface area contributed by atoms with Gasteiger partial charge in [-0.2, -0.15) is 0 Å². The summed E-state index contributed by atoms with van der Waals surface area (Å²) in [4.78, 5) is 24.2. The van der Waals surface area contributed by atoms with Crippen molar-refractivity contribution in [1.82, 2.24) is 5.32 Å². The molecule has 0 bridgehead atoms. The molecule has 2 aromatic rings. The fourth-order valence-electron chi connectivity index (χ4n) is 1.79. The lowest BCUT2D eigenvalue weighted by Crippen LogP contribution is -2.32. The van der Waals surface area contributed by atoms with Crippen molar-refractivity contribution in [2.24, 2.45) is 0 Å². The molecule has 1 aromatic carbocycles. The molecule has 0 aliphatic carbocycles. The maximum atomic E-state index is 12.2. The monoisotopic (exact) mass is 286 g/mol. The molecule has 0 saturated heterocycles. The number of amides is 2. The summed E-state index contributed by atoms with van der Waals surface area (Å²) in [5.41, 5.74) is 0.886. The molecule has 0 fully saturated rings. The number of anilines is 1. The van der Waals surface area contributed by atoms with Crippen molar-refractivity contribution in [1.29, 1.82) is 0 Å².